The molecule has 1 aromatic carbocycles. The van der Waals surface area contributed by atoms with E-state index in [0.29, 0.717) is 0 Å². The Morgan fingerprint density at radius 2 is 1.75 bits per heavy atom. The van der Waals surface area contributed by atoms with Gasteiger partial charge >= 0.3 is 0 Å². The first-order chi connectivity index (χ1) is 9.65. The summed E-state index contributed by atoms with van der Waals surface area (Å²) in [5, 5.41) is 3.44. The van der Waals surface area contributed by atoms with Crippen molar-refractivity contribution in [1.29, 1.82) is 0 Å². The van der Waals surface area contributed by atoms with Crippen molar-refractivity contribution in [3.8, 4) is 11.5 Å². The van der Waals surface area contributed by atoms with Gasteiger partial charge in [0.25, 0.3) is 0 Å². The van der Waals surface area contributed by atoms with Gasteiger partial charge in [0.1, 0.15) is 5.60 Å². The van der Waals surface area contributed by atoms with E-state index in [-0.39, 0.29) is 5.60 Å². The van der Waals surface area contributed by atoms with E-state index in [1.165, 1.54) is 0 Å². The van der Waals surface area contributed by atoms with Gasteiger partial charge in [0.15, 0.2) is 11.5 Å². The average Bonchev–Trinajstić information content (AvgIpc) is 2.47. The molecule has 1 rings (SSSR count). The van der Waals surface area contributed by atoms with Gasteiger partial charge in [-0.25, -0.2) is 0 Å². The van der Waals surface area contributed by atoms with Crippen molar-refractivity contribution >= 4 is 0 Å². The van der Waals surface area contributed by atoms with Crippen LogP contribution in [0.25, 0.3) is 0 Å². The molecule has 0 spiro atoms. The monoisotopic (exact) mass is 279 g/mol. The summed E-state index contributed by atoms with van der Waals surface area (Å²) in [5.74, 6) is 1.67. The highest BCUT2D eigenvalue weighted by molar-refractivity contribution is 5.40. The highest BCUT2D eigenvalue weighted by atomic mass is 16.5. The van der Waals surface area contributed by atoms with Gasteiger partial charge in [-0.15, -0.1) is 0 Å². The average molecular weight is 279 g/mol. The molecule has 0 aliphatic heterocycles. The zero-order valence-electron chi connectivity index (χ0n) is 13.4. The van der Waals surface area contributed by atoms with Crippen LogP contribution in [0.5, 0.6) is 11.5 Å². The molecule has 1 atom stereocenters. The Bertz CT molecular complexity index is 381. The maximum atomic E-state index is 6.24. The molecule has 3 heteroatoms. The summed E-state index contributed by atoms with van der Waals surface area (Å²) >= 11 is 0. The van der Waals surface area contributed by atoms with Crippen LogP contribution >= 0.6 is 0 Å². The summed E-state index contributed by atoms with van der Waals surface area (Å²) in [5.41, 5.74) is -0.207. The molecule has 0 heterocycles. The van der Waals surface area contributed by atoms with E-state index >= 15 is 0 Å². The van der Waals surface area contributed by atoms with Crippen LogP contribution in [-0.4, -0.2) is 25.3 Å². The van der Waals surface area contributed by atoms with Crippen LogP contribution in [0.15, 0.2) is 24.3 Å². The van der Waals surface area contributed by atoms with Crippen molar-refractivity contribution < 1.29 is 9.47 Å². The quantitative estimate of drug-likeness (QED) is 0.656. The second kappa shape index (κ2) is 8.85. The molecule has 3 nitrogen and oxygen atoms in total. The molecule has 1 N–H and O–H groups in total. The highest BCUT2D eigenvalue weighted by Gasteiger charge is 2.25. The van der Waals surface area contributed by atoms with Gasteiger partial charge in [-0.3, -0.25) is 0 Å². The second-order valence-electron chi connectivity index (χ2n) is 5.38. The van der Waals surface area contributed by atoms with Gasteiger partial charge in [-0.1, -0.05) is 32.9 Å². The zero-order chi connectivity index (χ0) is 14.8. The van der Waals surface area contributed by atoms with Crippen LogP contribution in [-0.2, 0) is 0 Å². The molecule has 20 heavy (non-hydrogen) atoms. The lowest BCUT2D eigenvalue weighted by atomic mass is 10.0. The smallest absolute Gasteiger partial charge is 0.162 e. The topological polar surface area (TPSA) is 30.5 Å². The predicted octanol–water partition coefficient (Wildman–Crippen LogP) is 4.02. The lowest BCUT2D eigenvalue weighted by molar-refractivity contribution is 0.0789. The number of ether oxygens (including phenoxy) is 2. The molecule has 0 aliphatic carbocycles. The summed E-state index contributed by atoms with van der Waals surface area (Å²) < 4.78 is 12.0. The maximum Gasteiger partial charge on any atom is 0.162 e. The molecule has 1 unspecified atom stereocenters. The standard InChI is InChI=1S/C17H29NO2/c1-5-12-18-14-17(4,7-3)20-16-11-9-8-10-15(16)19-13-6-2/h8-11,18H,5-7,12-14H2,1-4H3. The summed E-state index contributed by atoms with van der Waals surface area (Å²) in [6.07, 6.45) is 3.08. The minimum absolute atomic E-state index is 0.207. The summed E-state index contributed by atoms with van der Waals surface area (Å²) in [6, 6.07) is 7.93. The lowest BCUT2D eigenvalue weighted by Gasteiger charge is -2.30. The van der Waals surface area contributed by atoms with Crippen LogP contribution in [0.1, 0.15) is 47.0 Å². The molecule has 0 fully saturated rings. The van der Waals surface area contributed by atoms with Gasteiger partial charge in [0.05, 0.1) is 6.61 Å². The molecular formula is C17H29NO2. The zero-order valence-corrected chi connectivity index (χ0v) is 13.4. The number of benzene rings is 1. The Morgan fingerprint density at radius 3 is 2.35 bits per heavy atom. The SMILES string of the molecule is CCCNCC(C)(CC)Oc1ccccc1OCCC. The van der Waals surface area contributed by atoms with Crippen LogP contribution in [0.4, 0.5) is 0 Å². The maximum absolute atomic E-state index is 6.24. The molecule has 0 aliphatic rings. The van der Waals surface area contributed by atoms with Crippen LogP contribution in [0.2, 0.25) is 0 Å². The van der Waals surface area contributed by atoms with E-state index in [0.717, 1.165) is 50.5 Å². The number of para-hydroxylation sites is 2. The Balaban J connectivity index is 2.72. The van der Waals surface area contributed by atoms with Crippen LogP contribution in [0.3, 0.4) is 0 Å². The van der Waals surface area contributed by atoms with Gasteiger partial charge in [0.2, 0.25) is 0 Å². The van der Waals surface area contributed by atoms with Crippen molar-refractivity contribution in [2.45, 2.75) is 52.6 Å². The van der Waals surface area contributed by atoms with E-state index in [9.17, 15) is 0 Å². The molecule has 0 radical (unpaired) electrons. The third-order valence-electron chi connectivity index (χ3n) is 3.34. The first-order valence-corrected chi connectivity index (χ1v) is 7.76. The normalized spacial score (nSPS) is 13.8. The fourth-order valence-corrected chi connectivity index (χ4v) is 1.89. The van der Waals surface area contributed by atoms with Crippen molar-refractivity contribution in [2.24, 2.45) is 0 Å². The molecular weight excluding hydrogens is 250 g/mol. The first kappa shape index (κ1) is 16.8. The molecule has 0 saturated carbocycles. The number of rotatable bonds is 10. The van der Waals surface area contributed by atoms with Gasteiger partial charge in [-0.2, -0.15) is 0 Å². The van der Waals surface area contributed by atoms with E-state index < -0.39 is 0 Å². The van der Waals surface area contributed by atoms with Gasteiger partial charge in [-0.05, 0) is 44.9 Å². The Kier molecular flexibility index (Phi) is 7.45. The van der Waals surface area contributed by atoms with E-state index in [2.05, 4.69) is 33.0 Å². The van der Waals surface area contributed by atoms with Crippen LogP contribution in [0, 0.1) is 0 Å². The third kappa shape index (κ3) is 5.41. The largest absolute Gasteiger partial charge is 0.490 e. The Hall–Kier alpha value is -1.22. The lowest BCUT2D eigenvalue weighted by Crippen LogP contribution is -2.42. The molecule has 114 valence electrons. The number of hydrogen-bond acceptors (Lipinski definition) is 3. The molecule has 0 amide bonds. The second-order valence-corrected chi connectivity index (χ2v) is 5.38. The van der Waals surface area contributed by atoms with Gasteiger partial charge in [0, 0.05) is 6.54 Å². The molecule has 0 bridgehead atoms. The Morgan fingerprint density at radius 1 is 1.05 bits per heavy atom. The number of hydrogen-bond donors (Lipinski definition) is 1. The van der Waals surface area contributed by atoms with Crippen molar-refractivity contribution in [2.75, 3.05) is 19.7 Å². The predicted molar refractivity (Wildman–Crippen MR) is 84.7 cm³/mol. The first-order valence-electron chi connectivity index (χ1n) is 7.76. The van der Waals surface area contributed by atoms with Crippen LogP contribution < -0.4 is 14.8 Å². The van der Waals surface area contributed by atoms with E-state index in [1.54, 1.807) is 0 Å². The van der Waals surface area contributed by atoms with E-state index in [4.69, 9.17) is 9.47 Å². The molecule has 0 aromatic heterocycles. The fraction of sp³-hybridized carbons (Fsp3) is 0.647. The summed E-state index contributed by atoms with van der Waals surface area (Å²) in [7, 11) is 0. The van der Waals surface area contributed by atoms with Crippen molar-refractivity contribution in [3.63, 3.8) is 0 Å². The summed E-state index contributed by atoms with van der Waals surface area (Å²) in [6.45, 7) is 11.2. The fourth-order valence-electron chi connectivity index (χ4n) is 1.89. The third-order valence-corrected chi connectivity index (χ3v) is 3.34. The van der Waals surface area contributed by atoms with Crippen molar-refractivity contribution in [1.82, 2.24) is 5.32 Å². The highest BCUT2D eigenvalue weighted by Crippen LogP contribution is 2.31. The van der Waals surface area contributed by atoms with E-state index in [1.807, 2.05) is 24.3 Å². The molecule has 1 aromatic rings. The Labute approximate surface area is 123 Å². The van der Waals surface area contributed by atoms with Gasteiger partial charge < -0.3 is 14.8 Å². The molecule has 0 saturated heterocycles. The minimum Gasteiger partial charge on any atom is -0.490 e. The minimum atomic E-state index is -0.207. The van der Waals surface area contributed by atoms with Crippen molar-refractivity contribution in [3.05, 3.63) is 24.3 Å². The number of nitrogens with one attached hydrogen (secondary N) is 1. The summed E-state index contributed by atoms with van der Waals surface area (Å²) in [4.78, 5) is 0.